The van der Waals surface area contributed by atoms with Gasteiger partial charge < -0.3 is 15.4 Å². The number of hydrogen-bond acceptors (Lipinski definition) is 4. The minimum absolute atomic E-state index is 0.0482. The fraction of sp³-hybridized carbons (Fsp3) is 0.250. The normalized spacial score (nSPS) is 10.3. The number of aryl methyl sites for hydroxylation is 1. The van der Waals surface area contributed by atoms with E-state index in [2.05, 4.69) is 22.9 Å². The Morgan fingerprint density at radius 3 is 2.20 bits per heavy atom. The molecule has 0 saturated heterocycles. The third-order valence-corrected chi connectivity index (χ3v) is 5.48. The van der Waals surface area contributed by atoms with Gasteiger partial charge in [-0.05, 0) is 67.0 Å². The minimum Gasteiger partial charge on any atom is -0.493 e. The highest BCUT2D eigenvalue weighted by molar-refractivity contribution is 7.80. The molecule has 2 amide bonds. The second-order valence-electron chi connectivity index (χ2n) is 8.07. The van der Waals surface area contributed by atoms with Crippen LogP contribution in [0.5, 0.6) is 5.75 Å². The van der Waals surface area contributed by atoms with Crippen LogP contribution in [0.15, 0.2) is 78.9 Å². The van der Waals surface area contributed by atoms with Gasteiger partial charge in [0.1, 0.15) is 5.75 Å². The first-order chi connectivity index (χ1) is 17.0. The Hall–Kier alpha value is -3.71. The van der Waals surface area contributed by atoms with E-state index in [9.17, 15) is 9.59 Å². The fourth-order valence-corrected chi connectivity index (χ4v) is 3.62. The standard InChI is InChI=1S/C28H31N3O3S/c1-2-3-9-20-34-25-13-8-7-12-24(25)27(33)31-28(35)30-23-17-15-22(16-18-23)29-26(32)19-14-21-10-5-4-6-11-21/h4-8,10-13,15-18H,2-3,9,14,19-20H2,1H3,(H,29,32)(H2,30,31,33,35). The average Bonchev–Trinajstić information content (AvgIpc) is 2.87. The predicted molar refractivity (Wildman–Crippen MR) is 145 cm³/mol. The second kappa shape index (κ2) is 13.9. The molecule has 0 radical (unpaired) electrons. The zero-order valence-corrected chi connectivity index (χ0v) is 20.7. The van der Waals surface area contributed by atoms with Crippen LogP contribution in [0.1, 0.15) is 48.5 Å². The number of carbonyl (C=O) groups excluding carboxylic acids is 2. The zero-order chi connectivity index (χ0) is 24.9. The lowest BCUT2D eigenvalue weighted by molar-refractivity contribution is -0.116. The van der Waals surface area contributed by atoms with Crippen molar-refractivity contribution in [1.82, 2.24) is 5.32 Å². The molecule has 3 N–H and O–H groups in total. The molecule has 0 atom stereocenters. The maximum Gasteiger partial charge on any atom is 0.261 e. The van der Waals surface area contributed by atoms with E-state index in [4.69, 9.17) is 17.0 Å². The highest BCUT2D eigenvalue weighted by atomic mass is 32.1. The van der Waals surface area contributed by atoms with Crippen molar-refractivity contribution in [1.29, 1.82) is 0 Å². The monoisotopic (exact) mass is 489 g/mol. The molecule has 182 valence electrons. The van der Waals surface area contributed by atoms with E-state index < -0.39 is 0 Å². The van der Waals surface area contributed by atoms with Crippen LogP contribution in [-0.2, 0) is 11.2 Å². The maximum atomic E-state index is 12.7. The van der Waals surface area contributed by atoms with Crippen LogP contribution in [-0.4, -0.2) is 23.5 Å². The largest absolute Gasteiger partial charge is 0.493 e. The van der Waals surface area contributed by atoms with E-state index in [1.807, 2.05) is 36.4 Å². The highest BCUT2D eigenvalue weighted by Crippen LogP contribution is 2.19. The summed E-state index contributed by atoms with van der Waals surface area (Å²) in [5, 5.41) is 8.76. The van der Waals surface area contributed by atoms with Crippen LogP contribution in [0.4, 0.5) is 11.4 Å². The van der Waals surface area contributed by atoms with Gasteiger partial charge >= 0.3 is 0 Å². The smallest absolute Gasteiger partial charge is 0.261 e. The summed E-state index contributed by atoms with van der Waals surface area (Å²) in [4.78, 5) is 25.0. The molecule has 0 aliphatic rings. The lowest BCUT2D eigenvalue weighted by atomic mass is 10.1. The van der Waals surface area contributed by atoms with Crippen molar-refractivity contribution in [3.63, 3.8) is 0 Å². The molecule has 3 rings (SSSR count). The number of anilines is 2. The molecule has 0 fully saturated rings. The third-order valence-electron chi connectivity index (χ3n) is 5.27. The Balaban J connectivity index is 1.47. The van der Waals surface area contributed by atoms with Gasteiger partial charge in [0.25, 0.3) is 5.91 Å². The van der Waals surface area contributed by atoms with Gasteiger partial charge in [0.05, 0.1) is 12.2 Å². The predicted octanol–water partition coefficient (Wildman–Crippen LogP) is 5.95. The van der Waals surface area contributed by atoms with E-state index >= 15 is 0 Å². The first kappa shape index (κ1) is 25.9. The SMILES string of the molecule is CCCCCOc1ccccc1C(=O)NC(=S)Nc1ccc(NC(=O)CCc2ccccc2)cc1. The van der Waals surface area contributed by atoms with Crippen molar-refractivity contribution in [3.05, 3.63) is 90.0 Å². The van der Waals surface area contributed by atoms with Gasteiger partial charge in [0.15, 0.2) is 5.11 Å². The number of carbonyl (C=O) groups is 2. The summed E-state index contributed by atoms with van der Waals surface area (Å²) >= 11 is 5.31. The summed E-state index contributed by atoms with van der Waals surface area (Å²) in [5.41, 5.74) is 2.95. The molecule has 0 unspecified atom stereocenters. The molecule has 0 aliphatic carbocycles. The van der Waals surface area contributed by atoms with Crippen molar-refractivity contribution in [2.24, 2.45) is 0 Å². The van der Waals surface area contributed by atoms with E-state index in [-0.39, 0.29) is 16.9 Å². The molecule has 0 heterocycles. The third kappa shape index (κ3) is 8.87. The van der Waals surface area contributed by atoms with Crippen LogP contribution in [0, 0.1) is 0 Å². The summed E-state index contributed by atoms with van der Waals surface area (Å²) in [7, 11) is 0. The van der Waals surface area contributed by atoms with E-state index in [1.54, 1.807) is 42.5 Å². The van der Waals surface area contributed by atoms with Gasteiger partial charge in [-0.2, -0.15) is 0 Å². The van der Waals surface area contributed by atoms with E-state index in [0.717, 1.165) is 24.8 Å². The molecule has 0 spiro atoms. The molecule has 0 aromatic heterocycles. The van der Waals surface area contributed by atoms with Crippen molar-refractivity contribution in [3.8, 4) is 5.75 Å². The Kier molecular flexibility index (Phi) is 10.3. The number of nitrogens with one attached hydrogen (secondary N) is 3. The van der Waals surface area contributed by atoms with Crippen LogP contribution >= 0.6 is 12.2 Å². The molecule has 3 aromatic carbocycles. The number of amides is 2. The molecule has 35 heavy (non-hydrogen) atoms. The lowest BCUT2D eigenvalue weighted by Crippen LogP contribution is -2.34. The Morgan fingerprint density at radius 1 is 0.829 bits per heavy atom. The van der Waals surface area contributed by atoms with Crippen LogP contribution in [0.2, 0.25) is 0 Å². The number of ether oxygens (including phenoxy) is 1. The van der Waals surface area contributed by atoms with Crippen molar-refractivity contribution < 1.29 is 14.3 Å². The summed E-state index contributed by atoms with van der Waals surface area (Å²) in [5.74, 6) is 0.153. The number of rotatable bonds is 11. The molecule has 0 bridgehead atoms. The van der Waals surface area contributed by atoms with Gasteiger partial charge in [-0.3, -0.25) is 14.9 Å². The van der Waals surface area contributed by atoms with Gasteiger partial charge in [-0.25, -0.2) is 0 Å². The summed E-state index contributed by atoms with van der Waals surface area (Å²) in [6, 6.07) is 24.2. The summed E-state index contributed by atoms with van der Waals surface area (Å²) in [6.07, 6.45) is 4.22. The number of thiocarbonyl (C=S) groups is 1. The highest BCUT2D eigenvalue weighted by Gasteiger charge is 2.14. The quantitative estimate of drug-likeness (QED) is 0.229. The number of unbranched alkanes of at least 4 members (excludes halogenated alkanes) is 2. The average molecular weight is 490 g/mol. The Labute approximate surface area is 212 Å². The van der Waals surface area contributed by atoms with Crippen molar-refractivity contribution in [2.45, 2.75) is 39.0 Å². The molecule has 6 nitrogen and oxygen atoms in total. The van der Waals surface area contributed by atoms with Gasteiger partial charge in [-0.15, -0.1) is 0 Å². The molecule has 0 saturated carbocycles. The first-order valence-electron chi connectivity index (χ1n) is 11.8. The van der Waals surface area contributed by atoms with Gasteiger partial charge in [0.2, 0.25) is 5.91 Å². The van der Waals surface area contributed by atoms with E-state index in [1.165, 1.54) is 0 Å². The lowest BCUT2D eigenvalue weighted by Gasteiger charge is -2.13. The number of hydrogen-bond donors (Lipinski definition) is 3. The van der Waals surface area contributed by atoms with Gasteiger partial charge in [0, 0.05) is 17.8 Å². The number of para-hydroxylation sites is 1. The fourth-order valence-electron chi connectivity index (χ4n) is 3.41. The van der Waals surface area contributed by atoms with Crippen LogP contribution in [0.25, 0.3) is 0 Å². The molecule has 3 aromatic rings. The Bertz CT molecular complexity index is 1120. The molecular weight excluding hydrogens is 458 g/mol. The van der Waals surface area contributed by atoms with E-state index in [0.29, 0.717) is 42.1 Å². The maximum absolute atomic E-state index is 12.7. The topological polar surface area (TPSA) is 79.5 Å². The molecular formula is C28H31N3O3S. The minimum atomic E-state index is -0.337. The first-order valence-corrected chi connectivity index (χ1v) is 12.2. The number of benzene rings is 3. The Morgan fingerprint density at radius 2 is 1.49 bits per heavy atom. The summed E-state index contributed by atoms with van der Waals surface area (Å²) < 4.78 is 5.79. The molecule has 7 heteroatoms. The van der Waals surface area contributed by atoms with Crippen molar-refractivity contribution >= 4 is 40.5 Å². The summed E-state index contributed by atoms with van der Waals surface area (Å²) in [6.45, 7) is 2.70. The van der Waals surface area contributed by atoms with Gasteiger partial charge in [-0.1, -0.05) is 62.2 Å². The molecule has 0 aliphatic heterocycles. The van der Waals surface area contributed by atoms with Crippen molar-refractivity contribution in [2.75, 3.05) is 17.2 Å². The van der Waals surface area contributed by atoms with Crippen LogP contribution < -0.4 is 20.7 Å². The van der Waals surface area contributed by atoms with Crippen LogP contribution in [0.3, 0.4) is 0 Å². The second-order valence-corrected chi connectivity index (χ2v) is 8.48. The zero-order valence-electron chi connectivity index (χ0n) is 19.9.